The molecule has 0 bridgehead atoms. The average molecular weight is 284 g/mol. The fraction of sp³-hybridized carbons (Fsp3) is 1.00. The number of unbranched alkanes of at least 4 members (excludes halogenated alkanes) is 1. The highest BCUT2D eigenvalue weighted by Gasteiger charge is 2.34. The Morgan fingerprint density at radius 1 is 0.850 bits per heavy atom. The summed E-state index contributed by atoms with van der Waals surface area (Å²) in [5, 5.41) is 0. The Labute approximate surface area is 129 Å². The second-order valence-electron chi connectivity index (χ2n) is 7.69. The minimum atomic E-state index is 0.344. The van der Waals surface area contributed by atoms with Crippen molar-refractivity contribution in [2.45, 2.75) is 87.1 Å². The van der Waals surface area contributed by atoms with E-state index in [9.17, 15) is 0 Å². The van der Waals surface area contributed by atoms with Crippen molar-refractivity contribution < 1.29 is 0 Å². The molecule has 20 heavy (non-hydrogen) atoms. The first-order chi connectivity index (χ1) is 9.27. The van der Waals surface area contributed by atoms with Gasteiger partial charge in [0.15, 0.2) is 0 Å². The molecule has 1 heteroatoms. The SMILES string of the molecule is CCCCC(C)C(C(C)C)C(CC)C(N)C(C)C(C)C. The highest BCUT2D eigenvalue weighted by Crippen LogP contribution is 2.37. The quantitative estimate of drug-likeness (QED) is 0.544. The molecule has 5 unspecified atom stereocenters. The van der Waals surface area contributed by atoms with Gasteiger partial charge in [-0.15, -0.1) is 0 Å². The standard InChI is InChI=1S/C19H41N/c1-9-11-12-15(7)18(14(5)6)17(10-2)19(20)16(8)13(3)4/h13-19H,9-12,20H2,1-8H3. The van der Waals surface area contributed by atoms with Crippen molar-refractivity contribution in [3.05, 3.63) is 0 Å². The number of rotatable bonds is 10. The average Bonchev–Trinajstić information content (AvgIpc) is 2.39. The van der Waals surface area contributed by atoms with E-state index in [0.29, 0.717) is 23.8 Å². The zero-order valence-corrected chi connectivity index (χ0v) is 15.4. The van der Waals surface area contributed by atoms with Crippen LogP contribution in [-0.4, -0.2) is 6.04 Å². The van der Waals surface area contributed by atoms with Gasteiger partial charge in [0.1, 0.15) is 0 Å². The van der Waals surface area contributed by atoms with E-state index in [1.165, 1.54) is 25.7 Å². The number of hydrogen-bond donors (Lipinski definition) is 1. The molecular weight excluding hydrogens is 242 g/mol. The summed E-state index contributed by atoms with van der Waals surface area (Å²) in [7, 11) is 0. The lowest BCUT2D eigenvalue weighted by molar-refractivity contribution is 0.109. The molecule has 0 fully saturated rings. The molecule has 0 aliphatic rings. The highest BCUT2D eigenvalue weighted by molar-refractivity contribution is 4.87. The van der Waals surface area contributed by atoms with Gasteiger partial charge < -0.3 is 5.73 Å². The van der Waals surface area contributed by atoms with Crippen LogP contribution >= 0.6 is 0 Å². The fourth-order valence-corrected chi connectivity index (χ4v) is 3.93. The largest absolute Gasteiger partial charge is 0.327 e. The molecule has 0 aromatic carbocycles. The van der Waals surface area contributed by atoms with Crippen LogP contribution in [-0.2, 0) is 0 Å². The normalized spacial score (nSPS) is 19.9. The topological polar surface area (TPSA) is 26.0 Å². The molecule has 0 heterocycles. The molecule has 0 aliphatic carbocycles. The summed E-state index contributed by atoms with van der Waals surface area (Å²) < 4.78 is 0. The summed E-state index contributed by atoms with van der Waals surface area (Å²) in [6.07, 6.45) is 5.24. The molecule has 1 nitrogen and oxygen atoms in total. The van der Waals surface area contributed by atoms with E-state index < -0.39 is 0 Å². The van der Waals surface area contributed by atoms with Gasteiger partial charge in [-0.05, 0) is 35.5 Å². The van der Waals surface area contributed by atoms with Gasteiger partial charge in [-0.25, -0.2) is 0 Å². The predicted octanol–water partition coefficient (Wildman–Crippen LogP) is 5.73. The van der Waals surface area contributed by atoms with Crippen LogP contribution in [0.3, 0.4) is 0 Å². The fourth-order valence-electron chi connectivity index (χ4n) is 3.93. The maximum absolute atomic E-state index is 6.68. The van der Waals surface area contributed by atoms with Crippen LogP contribution < -0.4 is 5.73 Å². The van der Waals surface area contributed by atoms with E-state index in [1.54, 1.807) is 0 Å². The van der Waals surface area contributed by atoms with Crippen LogP contribution in [0.4, 0.5) is 0 Å². The third-order valence-electron chi connectivity index (χ3n) is 5.56. The van der Waals surface area contributed by atoms with Crippen LogP contribution in [0.5, 0.6) is 0 Å². The molecule has 0 rings (SSSR count). The summed E-state index contributed by atoms with van der Waals surface area (Å²) in [4.78, 5) is 0. The molecule has 5 atom stereocenters. The third-order valence-corrected chi connectivity index (χ3v) is 5.56. The summed E-state index contributed by atoms with van der Waals surface area (Å²) in [5.74, 6) is 4.25. The number of hydrogen-bond acceptors (Lipinski definition) is 1. The van der Waals surface area contributed by atoms with Crippen molar-refractivity contribution in [2.75, 3.05) is 0 Å². The molecule has 0 amide bonds. The van der Waals surface area contributed by atoms with E-state index in [4.69, 9.17) is 5.73 Å². The molecular formula is C19H41N. The monoisotopic (exact) mass is 283 g/mol. The van der Waals surface area contributed by atoms with E-state index in [-0.39, 0.29) is 0 Å². The number of nitrogens with two attached hydrogens (primary N) is 1. The zero-order chi connectivity index (χ0) is 15.9. The minimum Gasteiger partial charge on any atom is -0.327 e. The van der Waals surface area contributed by atoms with Crippen molar-refractivity contribution in [1.82, 2.24) is 0 Å². The van der Waals surface area contributed by atoms with Gasteiger partial charge >= 0.3 is 0 Å². The maximum Gasteiger partial charge on any atom is 0.00981 e. The van der Waals surface area contributed by atoms with Crippen molar-refractivity contribution in [2.24, 2.45) is 41.2 Å². The van der Waals surface area contributed by atoms with Gasteiger partial charge in [0.2, 0.25) is 0 Å². The van der Waals surface area contributed by atoms with Gasteiger partial charge in [0.05, 0.1) is 0 Å². The van der Waals surface area contributed by atoms with E-state index in [1.807, 2.05) is 0 Å². The van der Waals surface area contributed by atoms with Gasteiger partial charge in [-0.3, -0.25) is 0 Å². The first-order valence-electron chi connectivity index (χ1n) is 9.03. The lowest BCUT2D eigenvalue weighted by Gasteiger charge is -2.41. The van der Waals surface area contributed by atoms with E-state index in [0.717, 1.165) is 17.8 Å². The van der Waals surface area contributed by atoms with Crippen molar-refractivity contribution in [3.8, 4) is 0 Å². The Balaban J connectivity index is 5.00. The molecule has 0 aromatic rings. The lowest BCUT2D eigenvalue weighted by atomic mass is 9.67. The highest BCUT2D eigenvalue weighted by atomic mass is 14.7. The van der Waals surface area contributed by atoms with Crippen molar-refractivity contribution >= 4 is 0 Å². The summed E-state index contributed by atoms with van der Waals surface area (Å²) in [6, 6.07) is 0.344. The second-order valence-corrected chi connectivity index (χ2v) is 7.69. The van der Waals surface area contributed by atoms with Crippen molar-refractivity contribution in [3.63, 3.8) is 0 Å². The molecule has 122 valence electrons. The summed E-state index contributed by atoms with van der Waals surface area (Å²) in [6.45, 7) is 18.8. The van der Waals surface area contributed by atoms with Crippen molar-refractivity contribution in [1.29, 1.82) is 0 Å². The smallest absolute Gasteiger partial charge is 0.00981 e. The van der Waals surface area contributed by atoms with Gasteiger partial charge in [-0.1, -0.05) is 81.1 Å². The van der Waals surface area contributed by atoms with Gasteiger partial charge in [-0.2, -0.15) is 0 Å². The molecule has 0 aromatic heterocycles. The van der Waals surface area contributed by atoms with E-state index >= 15 is 0 Å². The van der Waals surface area contributed by atoms with Gasteiger partial charge in [0, 0.05) is 6.04 Å². The second kappa shape index (κ2) is 9.82. The Morgan fingerprint density at radius 3 is 1.75 bits per heavy atom. The molecule has 2 N–H and O–H groups in total. The zero-order valence-electron chi connectivity index (χ0n) is 15.4. The minimum absolute atomic E-state index is 0.344. The molecule has 0 saturated heterocycles. The summed E-state index contributed by atoms with van der Waals surface area (Å²) in [5.41, 5.74) is 6.68. The Bertz CT molecular complexity index is 234. The van der Waals surface area contributed by atoms with Crippen LogP contribution in [0, 0.1) is 35.5 Å². The summed E-state index contributed by atoms with van der Waals surface area (Å²) >= 11 is 0. The van der Waals surface area contributed by atoms with Crippen LogP contribution in [0.25, 0.3) is 0 Å². The van der Waals surface area contributed by atoms with Gasteiger partial charge in [0.25, 0.3) is 0 Å². The first kappa shape index (κ1) is 20.0. The Hall–Kier alpha value is -0.0400. The molecule has 0 saturated carbocycles. The predicted molar refractivity (Wildman–Crippen MR) is 92.8 cm³/mol. The third kappa shape index (κ3) is 5.76. The van der Waals surface area contributed by atoms with Crippen LogP contribution in [0.15, 0.2) is 0 Å². The molecule has 0 radical (unpaired) electrons. The maximum atomic E-state index is 6.68. The van der Waals surface area contributed by atoms with E-state index in [2.05, 4.69) is 55.4 Å². The first-order valence-corrected chi connectivity index (χ1v) is 9.03. The Kier molecular flexibility index (Phi) is 9.80. The van der Waals surface area contributed by atoms with Crippen LogP contribution in [0.2, 0.25) is 0 Å². The molecule has 0 aliphatic heterocycles. The van der Waals surface area contributed by atoms with Crippen LogP contribution in [0.1, 0.15) is 81.1 Å². The molecule has 0 spiro atoms. The lowest BCUT2D eigenvalue weighted by Crippen LogP contribution is -2.44. The Morgan fingerprint density at radius 2 is 1.40 bits per heavy atom.